The van der Waals surface area contributed by atoms with Crippen LogP contribution in [0.1, 0.15) is 13.8 Å². The fourth-order valence-electron chi connectivity index (χ4n) is 2.23. The maximum absolute atomic E-state index is 12.3. The molecule has 5 nitrogen and oxygen atoms in total. The van der Waals surface area contributed by atoms with E-state index in [-0.39, 0.29) is 18.2 Å². The molecule has 1 heterocycles. The van der Waals surface area contributed by atoms with Gasteiger partial charge in [-0.2, -0.15) is 0 Å². The largest absolute Gasteiger partial charge is 0.489 e. The highest BCUT2D eigenvalue weighted by Gasteiger charge is 2.35. The van der Waals surface area contributed by atoms with Gasteiger partial charge in [-0.1, -0.05) is 12.1 Å². The van der Waals surface area contributed by atoms with Crippen LogP contribution in [0, 0.1) is 0 Å². The number of amides is 2. The molecule has 0 radical (unpaired) electrons. The molecule has 0 saturated carbocycles. The Hall–Kier alpha value is -1.75. The molecule has 0 aromatic heterocycles. The number of benzene rings is 1. The fourth-order valence-corrected chi connectivity index (χ4v) is 2.23. The maximum Gasteiger partial charge on any atom is 0.324 e. The SMILES string of the molecule is CC(C)Oc1ccccc1N1CC(CN)N(C)C1=O. The first-order chi connectivity index (χ1) is 9.04. The van der Waals surface area contributed by atoms with Gasteiger partial charge in [0.25, 0.3) is 0 Å². The van der Waals surface area contributed by atoms with Crippen molar-refractivity contribution in [3.63, 3.8) is 0 Å². The standard InChI is InChI=1S/C14H21N3O2/c1-10(2)19-13-7-5-4-6-12(13)17-9-11(8-15)16(3)14(17)18/h4-7,10-11H,8-9,15H2,1-3H3. The number of ether oxygens (including phenoxy) is 1. The minimum Gasteiger partial charge on any atom is -0.489 e. The van der Waals surface area contributed by atoms with Crippen LogP contribution in [0.3, 0.4) is 0 Å². The third-order valence-corrected chi connectivity index (χ3v) is 3.26. The molecule has 5 heteroatoms. The Bertz CT molecular complexity index is 462. The van der Waals surface area contributed by atoms with Gasteiger partial charge in [-0.3, -0.25) is 4.90 Å². The van der Waals surface area contributed by atoms with Gasteiger partial charge < -0.3 is 15.4 Å². The Morgan fingerprint density at radius 2 is 2.11 bits per heavy atom. The minimum absolute atomic E-state index is 0.0322. The molecule has 0 aliphatic carbocycles. The molecule has 1 aromatic rings. The van der Waals surface area contributed by atoms with Gasteiger partial charge in [0, 0.05) is 20.1 Å². The Morgan fingerprint density at radius 1 is 1.42 bits per heavy atom. The average molecular weight is 263 g/mol. The van der Waals surface area contributed by atoms with E-state index in [1.54, 1.807) is 16.8 Å². The van der Waals surface area contributed by atoms with E-state index in [1.165, 1.54) is 0 Å². The van der Waals surface area contributed by atoms with Crippen molar-refractivity contribution in [2.75, 3.05) is 25.0 Å². The second-order valence-electron chi connectivity index (χ2n) is 5.03. The van der Waals surface area contributed by atoms with Crippen molar-refractivity contribution in [1.29, 1.82) is 0 Å². The third-order valence-electron chi connectivity index (χ3n) is 3.26. The van der Waals surface area contributed by atoms with E-state index >= 15 is 0 Å². The predicted octanol–water partition coefficient (Wildman–Crippen LogP) is 1.67. The van der Waals surface area contributed by atoms with Crippen molar-refractivity contribution in [2.24, 2.45) is 5.73 Å². The van der Waals surface area contributed by atoms with Crippen LogP contribution in [0.4, 0.5) is 10.5 Å². The van der Waals surface area contributed by atoms with Gasteiger partial charge in [-0.25, -0.2) is 4.79 Å². The summed E-state index contributed by atoms with van der Waals surface area (Å²) in [6.45, 7) is 5.00. The summed E-state index contributed by atoms with van der Waals surface area (Å²) in [5.74, 6) is 0.733. The van der Waals surface area contributed by atoms with Gasteiger partial charge in [0.15, 0.2) is 0 Å². The number of hydrogen-bond donors (Lipinski definition) is 1. The molecule has 2 N–H and O–H groups in total. The lowest BCUT2D eigenvalue weighted by Gasteiger charge is -2.20. The zero-order chi connectivity index (χ0) is 14.0. The molecule has 2 rings (SSSR count). The smallest absolute Gasteiger partial charge is 0.324 e. The van der Waals surface area contributed by atoms with Crippen LogP contribution < -0.4 is 15.4 Å². The van der Waals surface area contributed by atoms with Crippen molar-refractivity contribution in [3.8, 4) is 5.75 Å². The Morgan fingerprint density at radius 3 is 2.68 bits per heavy atom. The molecule has 0 spiro atoms. The molecular formula is C14H21N3O2. The number of carbonyl (C=O) groups excluding carboxylic acids is 1. The summed E-state index contributed by atoms with van der Waals surface area (Å²) in [7, 11) is 1.78. The van der Waals surface area contributed by atoms with E-state index in [0.717, 1.165) is 11.4 Å². The summed E-state index contributed by atoms with van der Waals surface area (Å²) in [5.41, 5.74) is 6.50. The Labute approximate surface area is 113 Å². The Kier molecular flexibility index (Phi) is 3.95. The topological polar surface area (TPSA) is 58.8 Å². The molecule has 104 valence electrons. The summed E-state index contributed by atoms with van der Waals surface area (Å²) < 4.78 is 5.77. The summed E-state index contributed by atoms with van der Waals surface area (Å²) >= 11 is 0. The highest BCUT2D eigenvalue weighted by molar-refractivity contribution is 5.96. The molecule has 0 bridgehead atoms. The zero-order valence-electron chi connectivity index (χ0n) is 11.7. The number of nitrogens with two attached hydrogens (primary N) is 1. The minimum atomic E-state index is -0.0322. The summed E-state index contributed by atoms with van der Waals surface area (Å²) in [5, 5.41) is 0. The lowest BCUT2D eigenvalue weighted by Crippen LogP contribution is -2.35. The quantitative estimate of drug-likeness (QED) is 0.899. The zero-order valence-corrected chi connectivity index (χ0v) is 11.7. The molecule has 1 unspecified atom stereocenters. The first-order valence-corrected chi connectivity index (χ1v) is 6.54. The van der Waals surface area contributed by atoms with Crippen LogP contribution in [0.15, 0.2) is 24.3 Å². The number of anilines is 1. The van der Waals surface area contributed by atoms with Gasteiger partial charge in [0.1, 0.15) is 5.75 Å². The first kappa shape index (κ1) is 13.7. The highest BCUT2D eigenvalue weighted by Crippen LogP contribution is 2.32. The molecule has 1 aliphatic heterocycles. The van der Waals surface area contributed by atoms with Crippen LogP contribution >= 0.6 is 0 Å². The number of rotatable bonds is 4. The van der Waals surface area contributed by atoms with E-state index in [1.807, 2.05) is 38.1 Å². The van der Waals surface area contributed by atoms with Gasteiger partial charge in [-0.05, 0) is 26.0 Å². The van der Waals surface area contributed by atoms with Gasteiger partial charge >= 0.3 is 6.03 Å². The average Bonchev–Trinajstić information content (AvgIpc) is 2.66. The summed E-state index contributed by atoms with van der Waals surface area (Å²) in [6, 6.07) is 7.63. The monoisotopic (exact) mass is 263 g/mol. The summed E-state index contributed by atoms with van der Waals surface area (Å²) in [4.78, 5) is 15.7. The van der Waals surface area contributed by atoms with Crippen molar-refractivity contribution < 1.29 is 9.53 Å². The summed E-state index contributed by atoms with van der Waals surface area (Å²) in [6.07, 6.45) is 0.0712. The van der Waals surface area contributed by atoms with E-state index in [4.69, 9.17) is 10.5 Å². The van der Waals surface area contributed by atoms with Crippen molar-refractivity contribution in [3.05, 3.63) is 24.3 Å². The normalized spacial score (nSPS) is 19.4. The molecule has 1 atom stereocenters. The second-order valence-corrected chi connectivity index (χ2v) is 5.03. The Balaban J connectivity index is 2.29. The molecule has 1 saturated heterocycles. The van der Waals surface area contributed by atoms with E-state index in [9.17, 15) is 4.79 Å². The third kappa shape index (κ3) is 2.66. The van der Waals surface area contributed by atoms with Crippen LogP contribution in [0.5, 0.6) is 5.75 Å². The van der Waals surface area contributed by atoms with Gasteiger partial charge in [-0.15, -0.1) is 0 Å². The molecular weight excluding hydrogens is 242 g/mol. The number of nitrogens with zero attached hydrogens (tertiary/aromatic N) is 2. The predicted molar refractivity (Wildman–Crippen MR) is 75.6 cm³/mol. The van der Waals surface area contributed by atoms with E-state index in [0.29, 0.717) is 13.1 Å². The van der Waals surface area contributed by atoms with Crippen molar-refractivity contribution in [2.45, 2.75) is 26.0 Å². The lowest BCUT2D eigenvalue weighted by molar-refractivity contribution is 0.219. The molecule has 1 aromatic carbocycles. The maximum atomic E-state index is 12.3. The van der Waals surface area contributed by atoms with Crippen molar-refractivity contribution in [1.82, 2.24) is 4.90 Å². The van der Waals surface area contributed by atoms with Gasteiger partial charge in [0.05, 0.1) is 17.8 Å². The number of hydrogen-bond acceptors (Lipinski definition) is 3. The van der Waals surface area contributed by atoms with Crippen LogP contribution in [0.2, 0.25) is 0 Å². The second kappa shape index (κ2) is 5.48. The number of para-hydroxylation sites is 2. The highest BCUT2D eigenvalue weighted by atomic mass is 16.5. The van der Waals surface area contributed by atoms with Crippen molar-refractivity contribution >= 4 is 11.7 Å². The molecule has 1 fully saturated rings. The molecule has 1 aliphatic rings. The lowest BCUT2D eigenvalue weighted by atomic mass is 10.2. The van der Waals surface area contributed by atoms with Crippen LogP contribution in [0.25, 0.3) is 0 Å². The number of likely N-dealkylation sites (N-methyl/N-ethyl adjacent to an activating group) is 1. The number of urea groups is 1. The molecule has 2 amide bonds. The van der Waals surface area contributed by atoms with E-state index in [2.05, 4.69) is 0 Å². The first-order valence-electron chi connectivity index (χ1n) is 6.54. The van der Waals surface area contributed by atoms with E-state index < -0.39 is 0 Å². The number of carbonyl (C=O) groups is 1. The van der Waals surface area contributed by atoms with Crippen LogP contribution in [-0.4, -0.2) is 43.2 Å². The van der Waals surface area contributed by atoms with Gasteiger partial charge in [0.2, 0.25) is 0 Å². The molecule has 19 heavy (non-hydrogen) atoms. The van der Waals surface area contributed by atoms with Crippen LogP contribution in [-0.2, 0) is 0 Å². The fraction of sp³-hybridized carbons (Fsp3) is 0.500.